The first-order valence-electron chi connectivity index (χ1n) is 7.38. The maximum Gasteiger partial charge on any atom is 0.260 e. The van der Waals surface area contributed by atoms with E-state index in [2.05, 4.69) is 5.32 Å². The third-order valence-electron chi connectivity index (χ3n) is 3.45. The van der Waals surface area contributed by atoms with Crippen molar-refractivity contribution in [1.82, 2.24) is 10.2 Å². The second kappa shape index (κ2) is 8.20. The predicted octanol–water partition coefficient (Wildman–Crippen LogP) is 2.41. The van der Waals surface area contributed by atoms with Crippen molar-refractivity contribution in [2.45, 2.75) is 0 Å². The Labute approximate surface area is 131 Å². The summed E-state index contributed by atoms with van der Waals surface area (Å²) in [5.74, 6) is 0.696. The molecule has 0 saturated heterocycles. The Kier molecular flexibility index (Phi) is 5.98. The SMILES string of the molecule is CNCCN(C)C(=O)COc1ccccc1-c1ccccc1. The van der Waals surface area contributed by atoms with Crippen LogP contribution in [0.3, 0.4) is 0 Å². The topological polar surface area (TPSA) is 41.6 Å². The number of para-hydroxylation sites is 1. The van der Waals surface area contributed by atoms with Crippen molar-refractivity contribution in [2.24, 2.45) is 0 Å². The summed E-state index contributed by atoms with van der Waals surface area (Å²) in [6, 6.07) is 17.8. The Hall–Kier alpha value is -2.33. The quantitative estimate of drug-likeness (QED) is 0.853. The lowest BCUT2D eigenvalue weighted by molar-refractivity contribution is -0.131. The molecular weight excluding hydrogens is 276 g/mol. The van der Waals surface area contributed by atoms with E-state index in [9.17, 15) is 4.79 Å². The summed E-state index contributed by atoms with van der Waals surface area (Å²) in [4.78, 5) is 13.7. The number of carbonyl (C=O) groups is 1. The van der Waals surface area contributed by atoms with E-state index in [1.807, 2.05) is 61.6 Å². The molecule has 0 spiro atoms. The van der Waals surface area contributed by atoms with Crippen LogP contribution in [-0.2, 0) is 4.79 Å². The average Bonchev–Trinajstić information content (AvgIpc) is 2.58. The number of rotatable bonds is 7. The van der Waals surface area contributed by atoms with Crippen LogP contribution >= 0.6 is 0 Å². The summed E-state index contributed by atoms with van der Waals surface area (Å²) in [5.41, 5.74) is 2.07. The number of carbonyl (C=O) groups excluding carboxylic acids is 1. The molecule has 4 heteroatoms. The summed E-state index contributed by atoms with van der Waals surface area (Å²) in [6.07, 6.45) is 0. The Morgan fingerprint density at radius 2 is 1.77 bits per heavy atom. The molecule has 2 aromatic rings. The van der Waals surface area contributed by atoms with Gasteiger partial charge in [-0.25, -0.2) is 0 Å². The van der Waals surface area contributed by atoms with Gasteiger partial charge in [0.15, 0.2) is 6.61 Å². The van der Waals surface area contributed by atoms with Gasteiger partial charge in [-0.15, -0.1) is 0 Å². The lowest BCUT2D eigenvalue weighted by Gasteiger charge is -2.18. The first-order valence-corrected chi connectivity index (χ1v) is 7.38. The fourth-order valence-electron chi connectivity index (χ4n) is 2.10. The predicted molar refractivity (Wildman–Crippen MR) is 88.9 cm³/mol. The molecule has 0 aliphatic carbocycles. The van der Waals surface area contributed by atoms with Crippen LogP contribution in [0, 0.1) is 0 Å². The maximum atomic E-state index is 12.0. The van der Waals surface area contributed by atoms with Crippen molar-refractivity contribution in [3.8, 4) is 16.9 Å². The lowest BCUT2D eigenvalue weighted by Crippen LogP contribution is -2.35. The van der Waals surface area contributed by atoms with Crippen molar-refractivity contribution >= 4 is 5.91 Å². The van der Waals surface area contributed by atoms with Crippen LogP contribution < -0.4 is 10.1 Å². The van der Waals surface area contributed by atoms with E-state index in [1.165, 1.54) is 0 Å². The van der Waals surface area contributed by atoms with Crippen molar-refractivity contribution < 1.29 is 9.53 Å². The number of amides is 1. The molecule has 2 aromatic carbocycles. The molecule has 116 valence electrons. The molecular formula is C18H22N2O2. The molecule has 0 aliphatic rings. The molecule has 22 heavy (non-hydrogen) atoms. The number of nitrogens with zero attached hydrogens (tertiary/aromatic N) is 1. The van der Waals surface area contributed by atoms with Crippen molar-refractivity contribution in [2.75, 3.05) is 33.8 Å². The normalized spacial score (nSPS) is 10.3. The number of hydrogen-bond acceptors (Lipinski definition) is 3. The van der Waals surface area contributed by atoms with E-state index in [1.54, 1.807) is 11.9 Å². The van der Waals surface area contributed by atoms with Gasteiger partial charge in [-0.05, 0) is 18.7 Å². The van der Waals surface area contributed by atoms with Gasteiger partial charge in [-0.1, -0.05) is 48.5 Å². The Bertz CT molecular complexity index is 599. The fraction of sp³-hybridized carbons (Fsp3) is 0.278. The molecule has 0 fully saturated rings. The highest BCUT2D eigenvalue weighted by molar-refractivity contribution is 5.78. The Morgan fingerprint density at radius 3 is 2.50 bits per heavy atom. The van der Waals surface area contributed by atoms with Crippen LogP contribution in [0.1, 0.15) is 0 Å². The first-order chi connectivity index (χ1) is 10.7. The van der Waals surface area contributed by atoms with Gasteiger partial charge in [0.2, 0.25) is 0 Å². The first kappa shape index (κ1) is 16.0. The highest BCUT2D eigenvalue weighted by atomic mass is 16.5. The molecule has 0 bridgehead atoms. The van der Waals surface area contributed by atoms with E-state index in [0.717, 1.165) is 23.4 Å². The van der Waals surface area contributed by atoms with E-state index in [0.29, 0.717) is 6.54 Å². The molecule has 0 atom stereocenters. The molecule has 0 heterocycles. The van der Waals surface area contributed by atoms with Gasteiger partial charge in [-0.2, -0.15) is 0 Å². The summed E-state index contributed by atoms with van der Waals surface area (Å²) >= 11 is 0. The van der Waals surface area contributed by atoms with Gasteiger partial charge in [0.1, 0.15) is 5.75 Å². The standard InChI is InChI=1S/C18H22N2O2/c1-19-12-13-20(2)18(21)14-22-17-11-7-6-10-16(17)15-8-4-3-5-9-15/h3-11,19H,12-14H2,1-2H3. The van der Waals surface area contributed by atoms with Crippen LogP contribution in [0.15, 0.2) is 54.6 Å². The number of benzene rings is 2. The van der Waals surface area contributed by atoms with Crippen molar-refractivity contribution in [3.63, 3.8) is 0 Å². The Balaban J connectivity index is 2.03. The van der Waals surface area contributed by atoms with Gasteiger partial charge in [0.05, 0.1) is 0 Å². The number of likely N-dealkylation sites (N-methyl/N-ethyl adjacent to an activating group) is 2. The van der Waals surface area contributed by atoms with Gasteiger partial charge >= 0.3 is 0 Å². The highest BCUT2D eigenvalue weighted by Gasteiger charge is 2.11. The van der Waals surface area contributed by atoms with Crippen molar-refractivity contribution in [3.05, 3.63) is 54.6 Å². The van der Waals surface area contributed by atoms with E-state index in [-0.39, 0.29) is 12.5 Å². The van der Waals surface area contributed by atoms with Crippen molar-refractivity contribution in [1.29, 1.82) is 0 Å². The fourth-order valence-corrected chi connectivity index (χ4v) is 2.10. The largest absolute Gasteiger partial charge is 0.483 e. The molecule has 0 aromatic heterocycles. The van der Waals surface area contributed by atoms with Gasteiger partial charge in [0.25, 0.3) is 5.91 Å². The second-order valence-electron chi connectivity index (χ2n) is 5.07. The average molecular weight is 298 g/mol. The summed E-state index contributed by atoms with van der Waals surface area (Å²) in [5, 5.41) is 3.02. The molecule has 1 N–H and O–H groups in total. The van der Waals surface area contributed by atoms with E-state index in [4.69, 9.17) is 4.74 Å². The van der Waals surface area contributed by atoms with Crippen LogP contribution in [0.2, 0.25) is 0 Å². The molecule has 4 nitrogen and oxygen atoms in total. The minimum absolute atomic E-state index is 0.0295. The van der Waals surface area contributed by atoms with Gasteiger partial charge in [0, 0.05) is 25.7 Å². The van der Waals surface area contributed by atoms with Crippen LogP contribution in [-0.4, -0.2) is 44.6 Å². The summed E-state index contributed by atoms with van der Waals surface area (Å²) in [6.45, 7) is 1.48. The van der Waals surface area contributed by atoms with Gasteiger partial charge in [-0.3, -0.25) is 4.79 Å². The van der Waals surface area contributed by atoms with Crippen LogP contribution in [0.5, 0.6) is 5.75 Å². The minimum atomic E-state index is -0.0295. The number of nitrogens with one attached hydrogen (secondary N) is 1. The molecule has 0 unspecified atom stereocenters. The monoisotopic (exact) mass is 298 g/mol. The van der Waals surface area contributed by atoms with E-state index >= 15 is 0 Å². The summed E-state index contributed by atoms with van der Waals surface area (Å²) in [7, 11) is 3.65. The summed E-state index contributed by atoms with van der Waals surface area (Å²) < 4.78 is 5.74. The smallest absolute Gasteiger partial charge is 0.260 e. The van der Waals surface area contributed by atoms with Crippen LogP contribution in [0.25, 0.3) is 11.1 Å². The molecule has 1 amide bonds. The molecule has 2 rings (SSSR count). The zero-order valence-corrected chi connectivity index (χ0v) is 13.1. The Morgan fingerprint density at radius 1 is 1.09 bits per heavy atom. The minimum Gasteiger partial charge on any atom is -0.483 e. The lowest BCUT2D eigenvalue weighted by atomic mass is 10.1. The molecule has 0 radical (unpaired) electrons. The van der Waals surface area contributed by atoms with Crippen LogP contribution in [0.4, 0.5) is 0 Å². The second-order valence-corrected chi connectivity index (χ2v) is 5.07. The zero-order valence-electron chi connectivity index (χ0n) is 13.1. The highest BCUT2D eigenvalue weighted by Crippen LogP contribution is 2.29. The zero-order chi connectivity index (χ0) is 15.8. The van der Waals surface area contributed by atoms with E-state index < -0.39 is 0 Å². The maximum absolute atomic E-state index is 12.0. The number of ether oxygens (including phenoxy) is 1. The molecule has 0 saturated carbocycles. The third-order valence-corrected chi connectivity index (χ3v) is 3.45. The number of hydrogen-bond donors (Lipinski definition) is 1. The third kappa shape index (κ3) is 4.33. The van der Waals surface area contributed by atoms with Gasteiger partial charge < -0.3 is 15.0 Å². The molecule has 0 aliphatic heterocycles.